The molecule has 186 valence electrons. The van der Waals surface area contributed by atoms with Crippen LogP contribution < -0.4 is 14.8 Å². The third kappa shape index (κ3) is 3.74. The van der Waals surface area contributed by atoms with Gasteiger partial charge in [-0.25, -0.2) is 0 Å². The molecule has 9 heteroatoms. The molecule has 1 spiro atoms. The molecule has 1 saturated heterocycles. The number of benzene rings is 3. The molecule has 0 aromatic heterocycles. The van der Waals surface area contributed by atoms with Crippen LogP contribution in [0.4, 0.5) is 5.69 Å². The second-order valence-corrected chi connectivity index (χ2v) is 10.1. The molecule has 3 atom stereocenters. The van der Waals surface area contributed by atoms with Crippen molar-refractivity contribution in [2.24, 2.45) is 0 Å². The Hall–Kier alpha value is -3.43. The van der Waals surface area contributed by atoms with E-state index in [1.807, 2.05) is 43.3 Å². The van der Waals surface area contributed by atoms with Crippen LogP contribution in [0.5, 0.6) is 11.5 Å². The van der Waals surface area contributed by atoms with E-state index >= 15 is 0 Å². The highest BCUT2D eigenvalue weighted by Crippen LogP contribution is 2.53. The molecule has 3 aromatic rings. The van der Waals surface area contributed by atoms with Crippen LogP contribution in [0.2, 0.25) is 0 Å². The van der Waals surface area contributed by atoms with Crippen molar-refractivity contribution in [2.45, 2.75) is 31.0 Å². The highest BCUT2D eigenvalue weighted by atomic mass is 79.9. The molecular weight excluding hydrogens is 526 g/mol. The number of methoxy groups -OCH3 is 1. The third-order valence-corrected chi connectivity index (χ3v) is 7.81. The number of likely N-dealkylation sites (tertiary alicyclic amines) is 1. The first kappa shape index (κ1) is 24.3. The highest BCUT2D eigenvalue weighted by molar-refractivity contribution is 9.10. The molecule has 1 fully saturated rings. The normalized spacial score (nSPS) is 22.9. The summed E-state index contributed by atoms with van der Waals surface area (Å²) in [6.45, 7) is 2.70. The quantitative estimate of drug-likeness (QED) is 0.347. The zero-order chi connectivity index (χ0) is 25.6. The number of carbonyl (C=O) groups is 1. The molecule has 2 aliphatic rings. The minimum absolute atomic E-state index is 0.321. The molecule has 0 unspecified atom stereocenters. The van der Waals surface area contributed by atoms with Crippen molar-refractivity contribution < 1.29 is 19.2 Å². The van der Waals surface area contributed by atoms with E-state index in [4.69, 9.17) is 9.47 Å². The number of fused-ring (bicyclic) bond motifs is 2. The fraction of sp³-hybridized carbons (Fsp3) is 0.296. The number of hydrogen-bond acceptors (Lipinski definition) is 6. The predicted octanol–water partition coefficient (Wildman–Crippen LogP) is 4.87. The van der Waals surface area contributed by atoms with Gasteiger partial charge in [-0.1, -0.05) is 48.0 Å². The molecule has 8 nitrogen and oxygen atoms in total. The Bertz CT molecular complexity index is 1350. The molecule has 0 saturated carbocycles. The minimum Gasteiger partial charge on any atom is -0.493 e. The minimum atomic E-state index is -1.40. The van der Waals surface area contributed by atoms with Gasteiger partial charge in [0.15, 0.2) is 17.0 Å². The summed E-state index contributed by atoms with van der Waals surface area (Å²) in [5.74, 6) is 0.0516. The second kappa shape index (κ2) is 9.22. The van der Waals surface area contributed by atoms with Crippen molar-refractivity contribution >= 4 is 27.5 Å². The topological polar surface area (TPSA) is 93.9 Å². The van der Waals surface area contributed by atoms with Crippen LogP contribution in [0.3, 0.4) is 0 Å². The summed E-state index contributed by atoms with van der Waals surface area (Å²) in [6.07, 6.45) is 0. The summed E-state index contributed by atoms with van der Waals surface area (Å²) in [4.78, 5) is 27.4. The van der Waals surface area contributed by atoms with Crippen molar-refractivity contribution in [2.75, 3.05) is 26.0 Å². The van der Waals surface area contributed by atoms with Gasteiger partial charge in [-0.05, 0) is 59.2 Å². The Kier molecular flexibility index (Phi) is 6.22. The number of aryl methyl sites for hydroxylation is 1. The molecule has 2 heterocycles. The molecule has 36 heavy (non-hydrogen) atoms. The lowest BCUT2D eigenvalue weighted by molar-refractivity contribution is -0.534. The Morgan fingerprint density at radius 2 is 1.92 bits per heavy atom. The van der Waals surface area contributed by atoms with E-state index in [1.165, 1.54) is 12.7 Å². The smallest absolute Gasteiger partial charge is 0.256 e. The van der Waals surface area contributed by atoms with Gasteiger partial charge in [0.05, 0.1) is 17.5 Å². The van der Waals surface area contributed by atoms with Gasteiger partial charge < -0.3 is 14.8 Å². The summed E-state index contributed by atoms with van der Waals surface area (Å²) >= 11 is 3.59. The van der Waals surface area contributed by atoms with E-state index < -0.39 is 17.5 Å². The Morgan fingerprint density at radius 3 is 2.61 bits per heavy atom. The SMILES string of the molecule is COc1cc([C@@H]2CN(C)[C@]3(C(=O)Nc4ccccc43)[C@H]2[N+](=O)[O-])cc(Br)c1OCc1ccc(C)cc1. The Balaban J connectivity index is 1.52. The van der Waals surface area contributed by atoms with E-state index in [-0.39, 0.29) is 10.8 Å². The lowest BCUT2D eigenvalue weighted by Gasteiger charge is -2.30. The number of amides is 1. The van der Waals surface area contributed by atoms with Crippen LogP contribution in [0.15, 0.2) is 65.1 Å². The van der Waals surface area contributed by atoms with E-state index in [0.29, 0.717) is 45.9 Å². The molecule has 1 amide bonds. The first-order chi connectivity index (χ1) is 17.3. The number of ether oxygens (including phenoxy) is 2. The first-order valence-electron chi connectivity index (χ1n) is 11.6. The molecule has 5 rings (SSSR count). The van der Waals surface area contributed by atoms with Gasteiger partial charge in [0.2, 0.25) is 0 Å². The van der Waals surface area contributed by atoms with Crippen molar-refractivity contribution in [3.63, 3.8) is 0 Å². The van der Waals surface area contributed by atoms with Crippen LogP contribution in [-0.2, 0) is 16.9 Å². The standard InChI is InChI=1S/C27H26BrN3O5/c1-16-8-10-17(11-9-16)15-36-24-21(28)12-18(13-23(24)35-3)19-14-30(2)27(25(19)31(33)34)20-6-4-5-7-22(20)29-26(27)32/h4-13,19,25H,14-15H2,1-3H3,(H,29,32)/t19-,25-,27-/m0/s1. The number of nitro groups is 1. The fourth-order valence-corrected chi connectivity index (χ4v) is 6.09. The number of anilines is 1. The third-order valence-electron chi connectivity index (χ3n) is 7.22. The molecular formula is C27H26BrN3O5. The molecule has 1 N–H and O–H groups in total. The van der Waals surface area contributed by atoms with Gasteiger partial charge in [0, 0.05) is 22.7 Å². The van der Waals surface area contributed by atoms with E-state index in [2.05, 4.69) is 21.2 Å². The van der Waals surface area contributed by atoms with E-state index in [1.54, 1.807) is 36.2 Å². The van der Waals surface area contributed by atoms with Crippen LogP contribution in [0.1, 0.15) is 28.2 Å². The van der Waals surface area contributed by atoms with Gasteiger partial charge in [-0.2, -0.15) is 0 Å². The average Bonchev–Trinajstić information content (AvgIpc) is 3.33. The maximum Gasteiger partial charge on any atom is 0.256 e. The summed E-state index contributed by atoms with van der Waals surface area (Å²) in [5.41, 5.74) is 2.72. The van der Waals surface area contributed by atoms with Crippen LogP contribution >= 0.6 is 15.9 Å². The lowest BCUT2D eigenvalue weighted by Crippen LogP contribution is -2.54. The van der Waals surface area contributed by atoms with E-state index in [0.717, 1.165) is 5.56 Å². The number of para-hydroxylation sites is 1. The Labute approximate surface area is 217 Å². The summed E-state index contributed by atoms with van der Waals surface area (Å²) < 4.78 is 12.3. The van der Waals surface area contributed by atoms with Gasteiger partial charge in [0.1, 0.15) is 6.61 Å². The maximum absolute atomic E-state index is 13.3. The van der Waals surface area contributed by atoms with Crippen LogP contribution in [0, 0.1) is 17.0 Å². The van der Waals surface area contributed by atoms with Crippen LogP contribution in [0.25, 0.3) is 0 Å². The van der Waals surface area contributed by atoms with E-state index in [9.17, 15) is 14.9 Å². The number of carbonyl (C=O) groups excluding carboxylic acids is 1. The zero-order valence-electron chi connectivity index (χ0n) is 20.2. The van der Waals surface area contributed by atoms with Gasteiger partial charge >= 0.3 is 0 Å². The average molecular weight is 552 g/mol. The maximum atomic E-state index is 13.3. The van der Waals surface area contributed by atoms with Gasteiger partial charge in [-0.3, -0.25) is 19.8 Å². The van der Waals surface area contributed by atoms with Crippen LogP contribution in [-0.4, -0.2) is 42.5 Å². The number of hydrogen-bond donors (Lipinski definition) is 1. The first-order valence-corrected chi connectivity index (χ1v) is 12.4. The Morgan fingerprint density at radius 1 is 1.19 bits per heavy atom. The molecule has 2 aliphatic heterocycles. The number of halogens is 1. The van der Waals surface area contributed by atoms with Crippen molar-refractivity contribution in [3.05, 3.63) is 97.5 Å². The van der Waals surface area contributed by atoms with Gasteiger partial charge in [-0.15, -0.1) is 0 Å². The molecule has 0 radical (unpaired) electrons. The molecule has 3 aromatic carbocycles. The highest BCUT2D eigenvalue weighted by Gasteiger charge is 2.68. The predicted molar refractivity (Wildman–Crippen MR) is 139 cm³/mol. The number of nitrogens with one attached hydrogen (secondary N) is 1. The summed E-state index contributed by atoms with van der Waals surface area (Å²) in [6, 6.07) is 17.7. The van der Waals surface area contributed by atoms with Crippen molar-refractivity contribution in [1.29, 1.82) is 0 Å². The monoisotopic (exact) mass is 551 g/mol. The second-order valence-electron chi connectivity index (χ2n) is 9.29. The molecule has 0 aliphatic carbocycles. The van der Waals surface area contributed by atoms with Gasteiger partial charge in [0.25, 0.3) is 11.9 Å². The zero-order valence-corrected chi connectivity index (χ0v) is 21.7. The largest absolute Gasteiger partial charge is 0.493 e. The fourth-order valence-electron chi connectivity index (χ4n) is 5.51. The number of rotatable bonds is 6. The van der Waals surface area contributed by atoms with Crippen molar-refractivity contribution in [3.8, 4) is 11.5 Å². The molecule has 0 bridgehead atoms. The van der Waals surface area contributed by atoms with Crippen molar-refractivity contribution in [1.82, 2.24) is 4.90 Å². The summed E-state index contributed by atoms with van der Waals surface area (Å²) in [7, 11) is 3.31. The number of nitrogens with zero attached hydrogens (tertiary/aromatic N) is 2. The lowest BCUT2D eigenvalue weighted by atomic mass is 9.79. The summed E-state index contributed by atoms with van der Waals surface area (Å²) in [5, 5.41) is 15.4. The number of likely N-dealkylation sites (N-methyl/N-ethyl adjacent to an activating group) is 1.